The van der Waals surface area contributed by atoms with Crippen LogP contribution in [0, 0.1) is 0 Å². The van der Waals surface area contributed by atoms with Gasteiger partial charge in [-0.05, 0) is 0 Å². The van der Waals surface area contributed by atoms with E-state index >= 15 is 0 Å². The summed E-state index contributed by atoms with van der Waals surface area (Å²) in [6.07, 6.45) is 28.3. The van der Waals surface area contributed by atoms with Gasteiger partial charge in [-0.3, -0.25) is 0 Å². The number of methoxy groups -OCH3 is 1. The zero-order valence-electron chi connectivity index (χ0n) is 19.8. The monoisotopic (exact) mass is 514 g/mol. The minimum atomic E-state index is -2.65. The number of hydrogen-bond donors (Lipinski definition) is 0. The summed E-state index contributed by atoms with van der Waals surface area (Å²) in [6.45, 7) is 2.90. The summed E-state index contributed by atoms with van der Waals surface area (Å²) in [5.74, 6) is 0. The maximum atomic E-state index is 6.83. The molecular formula is C26H50O2Sn. The van der Waals surface area contributed by atoms with Crippen molar-refractivity contribution in [3.8, 4) is 0 Å². The average molecular weight is 513 g/mol. The van der Waals surface area contributed by atoms with Crippen molar-refractivity contribution < 1.29 is 9.47 Å². The van der Waals surface area contributed by atoms with Crippen LogP contribution in [0.3, 0.4) is 0 Å². The molecule has 3 saturated carbocycles. The molecule has 0 aliphatic heterocycles. The number of unbranched alkanes of at least 4 members (excludes halogenated alkanes) is 2. The van der Waals surface area contributed by atoms with E-state index in [0.717, 1.165) is 11.8 Å². The summed E-state index contributed by atoms with van der Waals surface area (Å²) in [6, 6.07) is 0. The van der Waals surface area contributed by atoms with Gasteiger partial charge in [0.05, 0.1) is 0 Å². The van der Waals surface area contributed by atoms with Crippen molar-refractivity contribution in [1.82, 2.24) is 0 Å². The van der Waals surface area contributed by atoms with Gasteiger partial charge in [0.15, 0.2) is 0 Å². The molecule has 3 aliphatic rings. The van der Waals surface area contributed by atoms with Gasteiger partial charge in [0, 0.05) is 0 Å². The molecular weight excluding hydrogens is 463 g/mol. The molecule has 170 valence electrons. The Hall–Kier alpha value is 0.719. The second kappa shape index (κ2) is 13.3. The van der Waals surface area contributed by atoms with Crippen LogP contribution in [0.1, 0.15) is 129 Å². The van der Waals surface area contributed by atoms with Crippen LogP contribution < -0.4 is 0 Å². The standard InChI is InChI=1S/C8H17O2.3C6H11.Sn/c1-3-4-5-6-7-10-8-9-2;3*1-2-4-6-5-3-1;/h7H,3-6,8H2,1-2H3;3*1H,2-6H2;. The zero-order chi connectivity index (χ0) is 20.4. The number of hydrogen-bond acceptors (Lipinski definition) is 2. The van der Waals surface area contributed by atoms with Gasteiger partial charge in [-0.15, -0.1) is 0 Å². The molecule has 0 aromatic carbocycles. The van der Waals surface area contributed by atoms with E-state index in [1.165, 1.54) is 83.5 Å². The van der Waals surface area contributed by atoms with Crippen molar-refractivity contribution in [2.45, 2.75) is 145 Å². The van der Waals surface area contributed by atoms with Gasteiger partial charge >= 0.3 is 187 Å². The number of rotatable bonds is 11. The van der Waals surface area contributed by atoms with Gasteiger partial charge in [-0.25, -0.2) is 0 Å². The molecule has 1 atom stereocenters. The minimum absolute atomic E-state index is 0.543. The van der Waals surface area contributed by atoms with Gasteiger partial charge in [-0.2, -0.15) is 0 Å². The molecule has 0 bridgehead atoms. The first kappa shape index (κ1) is 24.4. The molecule has 3 fully saturated rings. The van der Waals surface area contributed by atoms with Crippen molar-refractivity contribution in [3.63, 3.8) is 0 Å². The molecule has 0 amide bonds. The summed E-state index contributed by atoms with van der Waals surface area (Å²) in [5, 5.41) is 0. The molecule has 2 nitrogen and oxygen atoms in total. The Balaban J connectivity index is 1.97. The molecule has 0 spiro atoms. The molecule has 0 heterocycles. The van der Waals surface area contributed by atoms with Crippen molar-refractivity contribution in [3.05, 3.63) is 0 Å². The van der Waals surface area contributed by atoms with E-state index in [9.17, 15) is 0 Å². The quantitative estimate of drug-likeness (QED) is 0.157. The first-order chi connectivity index (χ1) is 14.3. The third-order valence-corrected chi connectivity index (χ3v) is 30.5. The third-order valence-electron chi connectivity index (χ3n) is 8.95. The molecule has 3 aliphatic carbocycles. The molecule has 1 unspecified atom stereocenters. The molecule has 0 N–H and O–H groups in total. The Bertz CT molecular complexity index is 377. The summed E-state index contributed by atoms with van der Waals surface area (Å²) in [5.41, 5.74) is 0. The predicted octanol–water partition coefficient (Wildman–Crippen LogP) is 8.55. The SMILES string of the molecule is CCCCC[CH](OCOC)[Sn]([CH]1CCCCC1)([CH]1CCCCC1)[CH]1CCCCC1. The first-order valence-corrected chi connectivity index (χ1v) is 20.0. The molecule has 0 aromatic heterocycles. The van der Waals surface area contributed by atoms with E-state index in [2.05, 4.69) is 6.92 Å². The predicted molar refractivity (Wildman–Crippen MR) is 127 cm³/mol. The third kappa shape index (κ3) is 6.15. The first-order valence-electron chi connectivity index (χ1n) is 13.4. The summed E-state index contributed by atoms with van der Waals surface area (Å²) in [4.78, 5) is 0. The van der Waals surface area contributed by atoms with Gasteiger partial charge in [0.1, 0.15) is 0 Å². The summed E-state index contributed by atoms with van der Waals surface area (Å²) in [7, 11) is 1.84. The van der Waals surface area contributed by atoms with Crippen LogP contribution >= 0.6 is 0 Å². The van der Waals surface area contributed by atoms with E-state index in [-0.39, 0.29) is 0 Å². The van der Waals surface area contributed by atoms with Crippen LogP contribution in [0.4, 0.5) is 0 Å². The normalized spacial score (nSPS) is 24.6. The summed E-state index contributed by atoms with van der Waals surface area (Å²) >= 11 is -2.65. The van der Waals surface area contributed by atoms with E-state index in [1.54, 1.807) is 38.5 Å². The van der Waals surface area contributed by atoms with E-state index in [4.69, 9.17) is 9.47 Å². The molecule has 0 aromatic rings. The molecule has 29 heavy (non-hydrogen) atoms. The maximum absolute atomic E-state index is 6.83. The van der Waals surface area contributed by atoms with Crippen molar-refractivity contribution in [2.75, 3.05) is 13.9 Å². The Morgan fingerprint density at radius 2 is 1.14 bits per heavy atom. The van der Waals surface area contributed by atoms with Crippen LogP contribution in [0.5, 0.6) is 0 Å². The Morgan fingerprint density at radius 1 is 0.690 bits per heavy atom. The molecule has 0 saturated heterocycles. The van der Waals surface area contributed by atoms with Crippen LogP contribution in [0.25, 0.3) is 0 Å². The van der Waals surface area contributed by atoms with Gasteiger partial charge in [0.25, 0.3) is 0 Å². The van der Waals surface area contributed by atoms with Crippen molar-refractivity contribution >= 4 is 18.4 Å². The van der Waals surface area contributed by atoms with Crippen molar-refractivity contribution in [2.24, 2.45) is 0 Å². The van der Waals surface area contributed by atoms with E-state index < -0.39 is 18.4 Å². The second-order valence-corrected chi connectivity index (χ2v) is 25.1. The average Bonchev–Trinajstić information content (AvgIpc) is 2.80. The Morgan fingerprint density at radius 3 is 1.52 bits per heavy atom. The van der Waals surface area contributed by atoms with Gasteiger partial charge in [-0.1, -0.05) is 0 Å². The molecule has 0 radical (unpaired) electrons. The summed E-state index contributed by atoms with van der Waals surface area (Å²) < 4.78 is 16.3. The fraction of sp³-hybridized carbons (Fsp3) is 1.00. The van der Waals surface area contributed by atoms with Gasteiger partial charge in [0.2, 0.25) is 0 Å². The van der Waals surface area contributed by atoms with Crippen LogP contribution in [0.15, 0.2) is 0 Å². The van der Waals surface area contributed by atoms with Crippen LogP contribution in [-0.2, 0) is 9.47 Å². The second-order valence-electron chi connectivity index (χ2n) is 10.6. The zero-order valence-corrected chi connectivity index (χ0v) is 22.6. The Kier molecular flexibility index (Phi) is 11.2. The van der Waals surface area contributed by atoms with Crippen LogP contribution in [0.2, 0.25) is 11.8 Å². The fourth-order valence-electron chi connectivity index (χ4n) is 7.80. The van der Waals surface area contributed by atoms with Gasteiger partial charge < -0.3 is 0 Å². The topological polar surface area (TPSA) is 18.5 Å². The fourth-order valence-corrected chi connectivity index (χ4v) is 33.1. The van der Waals surface area contributed by atoms with Crippen LogP contribution in [-0.4, -0.2) is 36.4 Å². The Labute approximate surface area is 186 Å². The van der Waals surface area contributed by atoms with E-state index in [0.29, 0.717) is 10.9 Å². The molecule has 3 heteroatoms. The van der Waals surface area contributed by atoms with Crippen molar-refractivity contribution in [1.29, 1.82) is 0 Å². The molecule has 3 rings (SSSR count). The van der Waals surface area contributed by atoms with E-state index in [1.807, 2.05) is 7.11 Å². The number of ether oxygens (including phenoxy) is 2.